The molecule has 3 aromatic carbocycles. The van der Waals surface area contributed by atoms with E-state index < -0.39 is 11.0 Å². The quantitative estimate of drug-likeness (QED) is 0.677. The number of fused-ring (bicyclic) bond motifs is 4. The predicted molar refractivity (Wildman–Crippen MR) is 115 cm³/mol. The van der Waals surface area contributed by atoms with Gasteiger partial charge in [-0.05, 0) is 30.7 Å². The lowest BCUT2D eigenvalue weighted by atomic mass is 9.59. The normalized spacial score (nSPS) is 30.2. The minimum atomic E-state index is -1.21. The number of para-hydroxylation sites is 1. The third-order valence-corrected chi connectivity index (χ3v) is 7.43. The molecule has 3 aliphatic rings. The number of hydrogen-bond acceptors (Lipinski definition) is 3. The monoisotopic (exact) mass is 396 g/mol. The number of benzene rings is 3. The fourth-order valence-corrected chi connectivity index (χ4v) is 6.31. The number of nitrogens with one attached hydrogen (secondary N) is 1. The highest BCUT2D eigenvalue weighted by Crippen LogP contribution is 2.66. The third-order valence-electron chi connectivity index (χ3n) is 7.43. The summed E-state index contributed by atoms with van der Waals surface area (Å²) in [7, 11) is 1.93. The molecular formula is C26H22N2O2. The average molecular weight is 396 g/mol. The zero-order chi connectivity index (χ0) is 21.4. The highest BCUT2D eigenvalue weighted by Gasteiger charge is 2.74. The van der Waals surface area contributed by atoms with Crippen LogP contribution in [0.25, 0.3) is 0 Å². The molecule has 0 aromatic heterocycles. The number of anilines is 1. The molecule has 0 bridgehead atoms. The van der Waals surface area contributed by atoms with Crippen LogP contribution in [0, 0.1) is 5.41 Å². The number of Topliss-reactive ketones (excluding diaryl/α,β-unsaturated/α-hetero) is 1. The standard InChI is InChI=1S/C26H22N2O2/c1-28-16-21(17-9-3-2-4-10-17)25(15-18-11-5-6-12-19(18)23(25)29)26(28)20-13-7-8-14-22(20)27-24(26)30/h2-14,21H,15-16H2,1H3,(H,27,30)/t21-,25+,26+/m0/s1/i/hT. The maximum Gasteiger partial charge on any atom is 0.250 e. The van der Waals surface area contributed by atoms with E-state index in [1.54, 1.807) is 6.07 Å². The number of hydrogen-bond donors (Lipinski definition) is 1. The maximum atomic E-state index is 14.3. The molecular weight excluding hydrogens is 372 g/mol. The van der Waals surface area contributed by atoms with Crippen LogP contribution in [0.1, 0.15) is 33.0 Å². The highest BCUT2D eigenvalue weighted by atomic mass is 16.2. The topological polar surface area (TPSA) is 49.4 Å². The van der Waals surface area contributed by atoms with Crippen LogP contribution in [0.3, 0.4) is 0 Å². The van der Waals surface area contributed by atoms with Gasteiger partial charge >= 0.3 is 0 Å². The van der Waals surface area contributed by atoms with Crippen molar-refractivity contribution in [2.45, 2.75) is 17.9 Å². The number of carbonyl (C=O) groups excluding carboxylic acids is 2. The Bertz CT molecular complexity index is 1240. The summed E-state index contributed by atoms with van der Waals surface area (Å²) in [6, 6.07) is 25.2. The van der Waals surface area contributed by atoms with E-state index in [2.05, 4.69) is 12.1 Å². The van der Waals surface area contributed by atoms with Gasteiger partial charge in [-0.25, -0.2) is 0 Å². The van der Waals surface area contributed by atoms with Gasteiger partial charge in [0.1, 0.15) is 5.54 Å². The second kappa shape index (κ2) is 5.89. The van der Waals surface area contributed by atoms with Gasteiger partial charge in [-0.2, -0.15) is 0 Å². The number of rotatable bonds is 1. The molecule has 4 nitrogen and oxygen atoms in total. The summed E-state index contributed by atoms with van der Waals surface area (Å²) in [5.41, 5.74) is 1.86. The van der Waals surface area contributed by atoms with Crippen LogP contribution >= 0.6 is 0 Å². The molecule has 3 aromatic rings. The molecule has 4 heteroatoms. The zero-order valence-corrected chi connectivity index (χ0v) is 16.7. The highest BCUT2D eigenvalue weighted by molar-refractivity contribution is 6.16. The van der Waals surface area contributed by atoms with Crippen molar-refractivity contribution in [2.75, 3.05) is 18.9 Å². The summed E-state index contributed by atoms with van der Waals surface area (Å²) in [6.45, 7) is 0.567. The van der Waals surface area contributed by atoms with Crippen molar-refractivity contribution in [2.24, 2.45) is 5.41 Å². The van der Waals surface area contributed by atoms with E-state index in [-0.39, 0.29) is 17.6 Å². The van der Waals surface area contributed by atoms with Crippen LogP contribution < -0.4 is 5.31 Å². The van der Waals surface area contributed by atoms with Gasteiger partial charge in [0.15, 0.2) is 7.20 Å². The summed E-state index contributed by atoms with van der Waals surface area (Å²) in [5, 5.41) is 0.997. The summed E-state index contributed by atoms with van der Waals surface area (Å²) >= 11 is 0. The molecule has 1 saturated heterocycles. The minimum absolute atomic E-state index is 0.0137. The molecule has 30 heavy (non-hydrogen) atoms. The molecule has 2 spiro atoms. The van der Waals surface area contributed by atoms with Gasteiger partial charge in [-0.1, -0.05) is 72.8 Å². The Balaban J connectivity index is 1.70. The molecule has 1 fully saturated rings. The largest absolute Gasteiger partial charge is 0.324 e. The van der Waals surface area contributed by atoms with Gasteiger partial charge in [0.2, 0.25) is 0 Å². The number of nitrogens with zero attached hydrogens (tertiary/aromatic N) is 1. The van der Waals surface area contributed by atoms with Crippen molar-refractivity contribution in [1.29, 1.82) is 0 Å². The Morgan fingerprint density at radius 1 is 0.967 bits per heavy atom. The van der Waals surface area contributed by atoms with Crippen LogP contribution in [0.4, 0.5) is 5.69 Å². The number of ketones is 1. The number of carbonyl (C=O) groups is 2. The van der Waals surface area contributed by atoms with Crippen LogP contribution in [-0.4, -0.2) is 30.2 Å². The fraction of sp³-hybridized carbons (Fsp3) is 0.231. The fourth-order valence-electron chi connectivity index (χ4n) is 6.31. The Morgan fingerprint density at radius 3 is 2.47 bits per heavy atom. The molecule has 1 aliphatic carbocycles. The molecule has 3 atom stereocenters. The maximum absolute atomic E-state index is 14.3. The van der Waals surface area contributed by atoms with Crippen LogP contribution in [0.15, 0.2) is 78.9 Å². The smallest absolute Gasteiger partial charge is 0.250 e. The van der Waals surface area contributed by atoms with Gasteiger partial charge in [0.05, 0.1) is 5.41 Å². The number of amides is 1. The summed E-state index contributed by atoms with van der Waals surface area (Å²) in [6.07, 6.45) is 0.486. The minimum Gasteiger partial charge on any atom is -0.324 e. The molecule has 6 rings (SSSR count). The van der Waals surface area contributed by atoms with E-state index in [0.717, 1.165) is 22.0 Å². The molecule has 0 unspecified atom stereocenters. The molecule has 2 aliphatic heterocycles. The van der Waals surface area contributed by atoms with Gasteiger partial charge in [-0.3, -0.25) is 14.5 Å². The van der Waals surface area contributed by atoms with Gasteiger partial charge in [-0.15, -0.1) is 0 Å². The van der Waals surface area contributed by atoms with Crippen LogP contribution in [0.2, 0.25) is 1.41 Å². The molecule has 2 heterocycles. The van der Waals surface area contributed by atoms with Crippen LogP contribution in [-0.2, 0) is 16.8 Å². The first-order valence-electron chi connectivity index (χ1n) is 10.8. The predicted octanol–water partition coefficient (Wildman–Crippen LogP) is 3.99. The Morgan fingerprint density at radius 2 is 1.67 bits per heavy atom. The second-order valence-corrected chi connectivity index (χ2v) is 8.62. The molecule has 1 amide bonds. The van der Waals surface area contributed by atoms with Crippen molar-refractivity contribution < 1.29 is 11.0 Å². The first kappa shape index (κ1) is 16.5. The van der Waals surface area contributed by atoms with Crippen molar-refractivity contribution >= 4 is 17.4 Å². The van der Waals surface area contributed by atoms with E-state index in [9.17, 15) is 9.59 Å². The van der Waals surface area contributed by atoms with Crippen molar-refractivity contribution in [1.82, 2.24) is 4.90 Å². The Labute approximate surface area is 177 Å². The third kappa shape index (κ3) is 1.86. The molecule has 148 valence electrons. The average Bonchev–Trinajstić information content (AvgIpc) is 3.34. The molecule has 1 N–H and O–H groups in total. The van der Waals surface area contributed by atoms with E-state index in [1.165, 1.54) is 0 Å². The lowest BCUT2D eigenvalue weighted by Crippen LogP contribution is -2.58. The lowest BCUT2D eigenvalue weighted by molar-refractivity contribution is -0.130. The molecule has 0 radical (unpaired) electrons. The Kier molecular flexibility index (Phi) is 3.25. The van der Waals surface area contributed by atoms with Gasteiger partial charge < -0.3 is 5.31 Å². The summed E-state index contributed by atoms with van der Waals surface area (Å²) < 4.78 is 8.59. The zero-order valence-electron chi connectivity index (χ0n) is 17.7. The van der Waals surface area contributed by atoms with Crippen molar-refractivity contribution in [3.63, 3.8) is 0 Å². The van der Waals surface area contributed by atoms with Crippen molar-refractivity contribution in [3.05, 3.63) is 101 Å². The number of likely N-dealkylation sites (N-methyl/N-ethyl adjacent to an activating group) is 1. The van der Waals surface area contributed by atoms with E-state index >= 15 is 0 Å². The SMILES string of the molecule is [3H]N1C(=O)[C@@]2(c3ccccc31)N(C)C[C@@H](c1ccccc1)[C@@]21Cc2ccccc2C1=O. The van der Waals surface area contributed by atoms with Crippen LogP contribution in [0.5, 0.6) is 0 Å². The Hall–Kier alpha value is -3.24. The van der Waals surface area contributed by atoms with E-state index in [1.807, 2.05) is 72.6 Å². The first-order valence-corrected chi connectivity index (χ1v) is 10.4. The number of likely N-dealkylation sites (tertiary alicyclic amines) is 1. The van der Waals surface area contributed by atoms with E-state index in [4.69, 9.17) is 1.41 Å². The van der Waals surface area contributed by atoms with E-state index in [0.29, 0.717) is 24.2 Å². The molecule has 0 saturated carbocycles. The van der Waals surface area contributed by atoms with Crippen molar-refractivity contribution in [3.8, 4) is 0 Å². The summed E-state index contributed by atoms with van der Waals surface area (Å²) in [5.74, 6) is -0.488. The first-order chi connectivity index (χ1) is 15.0. The van der Waals surface area contributed by atoms with Gasteiger partial charge in [0.25, 0.3) is 5.91 Å². The summed E-state index contributed by atoms with van der Waals surface area (Å²) in [4.78, 5) is 30.3. The lowest BCUT2D eigenvalue weighted by Gasteiger charge is -2.43. The second-order valence-electron chi connectivity index (χ2n) is 8.62. The van der Waals surface area contributed by atoms with Gasteiger partial charge in [0, 0.05) is 29.3 Å².